The van der Waals surface area contributed by atoms with Gasteiger partial charge < -0.3 is 10.2 Å². The van der Waals surface area contributed by atoms with Crippen molar-refractivity contribution in [3.05, 3.63) is 20.8 Å². The largest absolute Gasteiger partial charge is 0.313 e. The molecular weight excluding hydrogens is 284 g/mol. The second kappa shape index (κ2) is 7.43. The van der Waals surface area contributed by atoms with Gasteiger partial charge in [-0.05, 0) is 42.4 Å². The highest BCUT2D eigenvalue weighted by molar-refractivity contribution is 9.10. The van der Waals surface area contributed by atoms with E-state index in [1.165, 1.54) is 15.8 Å². The van der Waals surface area contributed by atoms with Gasteiger partial charge in [0.05, 0.1) is 0 Å². The Balaban J connectivity index is 2.18. The number of halogens is 1. The van der Waals surface area contributed by atoms with E-state index in [1.54, 1.807) is 0 Å². The van der Waals surface area contributed by atoms with Crippen molar-refractivity contribution < 1.29 is 0 Å². The highest BCUT2D eigenvalue weighted by atomic mass is 79.9. The number of nitrogens with one attached hydrogen (secondary N) is 1. The Morgan fingerprint density at radius 3 is 2.88 bits per heavy atom. The zero-order chi connectivity index (χ0) is 12.0. The summed E-state index contributed by atoms with van der Waals surface area (Å²) in [7, 11) is 2.17. The number of thiophene rings is 1. The SMILES string of the molecule is CCC(C)NCCN(C)Cc1cc(Br)cs1. The minimum atomic E-state index is 0.629. The van der Waals surface area contributed by atoms with Crippen molar-refractivity contribution in [2.75, 3.05) is 20.1 Å². The lowest BCUT2D eigenvalue weighted by atomic mass is 10.2. The fourth-order valence-electron chi connectivity index (χ4n) is 1.43. The summed E-state index contributed by atoms with van der Waals surface area (Å²) in [5, 5.41) is 5.65. The molecule has 0 aromatic carbocycles. The lowest BCUT2D eigenvalue weighted by molar-refractivity contribution is 0.320. The predicted octanol–water partition coefficient (Wildman–Crippen LogP) is 3.33. The van der Waals surface area contributed by atoms with Crippen molar-refractivity contribution in [1.82, 2.24) is 10.2 Å². The van der Waals surface area contributed by atoms with Gasteiger partial charge in [-0.3, -0.25) is 0 Å². The van der Waals surface area contributed by atoms with Crippen molar-refractivity contribution in [2.45, 2.75) is 32.9 Å². The van der Waals surface area contributed by atoms with Crippen molar-refractivity contribution in [1.29, 1.82) is 0 Å². The molecule has 1 aromatic heterocycles. The second-order valence-corrected chi connectivity index (χ2v) is 6.14. The Kier molecular flexibility index (Phi) is 6.58. The monoisotopic (exact) mass is 304 g/mol. The number of rotatable bonds is 7. The molecule has 0 amide bonds. The van der Waals surface area contributed by atoms with E-state index >= 15 is 0 Å². The number of nitrogens with zero attached hydrogens (tertiary/aromatic N) is 1. The Hall–Kier alpha value is 0.1000. The Labute approximate surface area is 111 Å². The van der Waals surface area contributed by atoms with Crippen LogP contribution in [0.2, 0.25) is 0 Å². The van der Waals surface area contributed by atoms with Crippen molar-refractivity contribution in [2.24, 2.45) is 0 Å². The molecule has 0 aliphatic heterocycles. The first kappa shape index (κ1) is 14.2. The second-order valence-electron chi connectivity index (χ2n) is 4.23. The summed E-state index contributed by atoms with van der Waals surface area (Å²) < 4.78 is 1.19. The minimum Gasteiger partial charge on any atom is -0.313 e. The fraction of sp³-hybridized carbons (Fsp3) is 0.667. The van der Waals surface area contributed by atoms with Crippen LogP contribution in [-0.2, 0) is 6.54 Å². The smallest absolute Gasteiger partial charge is 0.0325 e. The zero-order valence-corrected chi connectivity index (χ0v) is 12.7. The summed E-state index contributed by atoms with van der Waals surface area (Å²) in [6.07, 6.45) is 1.20. The van der Waals surface area contributed by atoms with Crippen LogP contribution in [-0.4, -0.2) is 31.1 Å². The van der Waals surface area contributed by atoms with Gasteiger partial charge in [0, 0.05) is 40.4 Å². The van der Waals surface area contributed by atoms with Crippen LogP contribution < -0.4 is 5.32 Å². The number of hydrogen-bond donors (Lipinski definition) is 1. The molecule has 0 aliphatic carbocycles. The molecule has 4 heteroatoms. The molecule has 0 saturated carbocycles. The summed E-state index contributed by atoms with van der Waals surface area (Å²) in [6, 6.07) is 2.83. The lowest BCUT2D eigenvalue weighted by Gasteiger charge is -2.18. The van der Waals surface area contributed by atoms with Crippen molar-refractivity contribution in [3.8, 4) is 0 Å². The van der Waals surface area contributed by atoms with Crippen molar-refractivity contribution >= 4 is 27.3 Å². The van der Waals surface area contributed by atoms with Gasteiger partial charge in [0.1, 0.15) is 0 Å². The molecule has 0 bridgehead atoms. The summed E-state index contributed by atoms with van der Waals surface area (Å²) in [5.41, 5.74) is 0. The van der Waals surface area contributed by atoms with Gasteiger partial charge in [-0.15, -0.1) is 11.3 Å². The van der Waals surface area contributed by atoms with E-state index in [2.05, 4.69) is 58.5 Å². The van der Waals surface area contributed by atoms with E-state index in [0.717, 1.165) is 19.6 Å². The molecule has 1 heterocycles. The van der Waals surface area contributed by atoms with Gasteiger partial charge in [-0.25, -0.2) is 0 Å². The third-order valence-electron chi connectivity index (χ3n) is 2.65. The third kappa shape index (κ3) is 5.43. The molecule has 0 fully saturated rings. The summed E-state index contributed by atoms with van der Waals surface area (Å²) in [6.45, 7) is 7.65. The molecule has 1 rings (SSSR count). The quantitative estimate of drug-likeness (QED) is 0.831. The summed E-state index contributed by atoms with van der Waals surface area (Å²) in [5.74, 6) is 0. The van der Waals surface area contributed by atoms with E-state index in [0.29, 0.717) is 6.04 Å². The molecule has 0 radical (unpaired) electrons. The molecule has 1 unspecified atom stereocenters. The Morgan fingerprint density at radius 1 is 1.56 bits per heavy atom. The van der Waals surface area contributed by atoms with E-state index in [9.17, 15) is 0 Å². The third-order valence-corrected chi connectivity index (χ3v) is 4.33. The molecule has 1 N–H and O–H groups in total. The highest BCUT2D eigenvalue weighted by Crippen LogP contribution is 2.20. The van der Waals surface area contributed by atoms with E-state index in [-0.39, 0.29) is 0 Å². The number of likely N-dealkylation sites (N-methyl/N-ethyl adjacent to an activating group) is 1. The van der Waals surface area contributed by atoms with E-state index in [1.807, 2.05) is 11.3 Å². The molecule has 16 heavy (non-hydrogen) atoms. The Bertz CT molecular complexity index is 301. The minimum absolute atomic E-state index is 0.629. The van der Waals surface area contributed by atoms with Crippen LogP contribution in [0.15, 0.2) is 15.9 Å². The molecule has 1 aromatic rings. The van der Waals surface area contributed by atoms with E-state index in [4.69, 9.17) is 0 Å². The zero-order valence-electron chi connectivity index (χ0n) is 10.3. The first-order valence-corrected chi connectivity index (χ1v) is 7.44. The molecule has 92 valence electrons. The molecule has 0 saturated heterocycles. The first-order valence-electron chi connectivity index (χ1n) is 5.76. The topological polar surface area (TPSA) is 15.3 Å². The average molecular weight is 305 g/mol. The van der Waals surface area contributed by atoms with Gasteiger partial charge in [0.25, 0.3) is 0 Å². The molecule has 0 aliphatic rings. The van der Waals surface area contributed by atoms with Gasteiger partial charge in [-0.1, -0.05) is 6.92 Å². The van der Waals surface area contributed by atoms with Gasteiger partial charge in [0.2, 0.25) is 0 Å². The standard InChI is InChI=1S/C12H21BrN2S/c1-4-10(2)14-5-6-15(3)8-12-7-11(13)9-16-12/h7,9-10,14H,4-6,8H2,1-3H3. The Morgan fingerprint density at radius 2 is 2.31 bits per heavy atom. The lowest BCUT2D eigenvalue weighted by Crippen LogP contribution is -2.33. The van der Waals surface area contributed by atoms with Gasteiger partial charge in [0.15, 0.2) is 0 Å². The maximum Gasteiger partial charge on any atom is 0.0325 e. The maximum absolute atomic E-state index is 3.51. The number of hydrogen-bond acceptors (Lipinski definition) is 3. The molecule has 0 spiro atoms. The summed E-state index contributed by atoms with van der Waals surface area (Å²) in [4.78, 5) is 3.77. The average Bonchev–Trinajstić information content (AvgIpc) is 2.63. The van der Waals surface area contributed by atoms with Crippen LogP contribution >= 0.6 is 27.3 Å². The molecular formula is C12H21BrN2S. The van der Waals surface area contributed by atoms with Crippen LogP contribution in [0.1, 0.15) is 25.1 Å². The maximum atomic E-state index is 3.51. The predicted molar refractivity (Wildman–Crippen MR) is 76.1 cm³/mol. The van der Waals surface area contributed by atoms with Crippen LogP contribution in [0.3, 0.4) is 0 Å². The summed E-state index contributed by atoms with van der Waals surface area (Å²) >= 11 is 5.30. The normalized spacial score (nSPS) is 13.3. The molecule has 2 nitrogen and oxygen atoms in total. The van der Waals surface area contributed by atoms with Crippen molar-refractivity contribution in [3.63, 3.8) is 0 Å². The van der Waals surface area contributed by atoms with Crippen LogP contribution in [0, 0.1) is 0 Å². The highest BCUT2D eigenvalue weighted by Gasteiger charge is 2.03. The first-order chi connectivity index (χ1) is 7.61. The van der Waals surface area contributed by atoms with Crippen LogP contribution in [0.5, 0.6) is 0 Å². The molecule has 1 atom stereocenters. The van der Waals surface area contributed by atoms with Gasteiger partial charge in [-0.2, -0.15) is 0 Å². The van der Waals surface area contributed by atoms with E-state index < -0.39 is 0 Å². The van der Waals surface area contributed by atoms with Crippen LogP contribution in [0.4, 0.5) is 0 Å². The fourth-order valence-corrected chi connectivity index (χ4v) is 2.96. The van der Waals surface area contributed by atoms with Crippen LogP contribution in [0.25, 0.3) is 0 Å². The van der Waals surface area contributed by atoms with Gasteiger partial charge >= 0.3 is 0 Å².